The second-order valence-electron chi connectivity index (χ2n) is 6.25. The number of piperidine rings is 1. The normalized spacial score (nSPS) is 21.1. The van der Waals surface area contributed by atoms with Crippen LogP contribution in [0, 0.1) is 5.92 Å². The van der Waals surface area contributed by atoms with E-state index in [2.05, 4.69) is 4.72 Å². The summed E-state index contributed by atoms with van der Waals surface area (Å²) >= 11 is 0. The molecule has 7 nitrogen and oxygen atoms in total. The van der Waals surface area contributed by atoms with Crippen molar-refractivity contribution in [3.8, 4) is 0 Å². The molecule has 1 aromatic rings. The van der Waals surface area contributed by atoms with Crippen molar-refractivity contribution in [1.29, 1.82) is 0 Å². The molecular weight excluding hydrogens is 344 g/mol. The molecule has 1 amide bonds. The third kappa shape index (κ3) is 4.79. The molecule has 1 aliphatic heterocycles. The molecule has 0 unspecified atom stereocenters. The highest BCUT2D eigenvalue weighted by atomic mass is 32.2. The van der Waals surface area contributed by atoms with Gasteiger partial charge in [0.05, 0.1) is 11.7 Å². The second kappa shape index (κ2) is 7.97. The SMILES string of the molecule is CCS(=O)(=O)NCc1ccc(C(=O)N2CCC[C@H](C(=O)O)[C@@H]2C)cc1. The molecule has 0 spiro atoms. The van der Waals surface area contributed by atoms with Gasteiger partial charge >= 0.3 is 5.97 Å². The molecule has 2 N–H and O–H groups in total. The Balaban J connectivity index is 2.06. The number of sulfonamides is 1. The summed E-state index contributed by atoms with van der Waals surface area (Å²) in [5.74, 6) is -1.59. The summed E-state index contributed by atoms with van der Waals surface area (Å²) in [7, 11) is -3.26. The quantitative estimate of drug-likeness (QED) is 0.791. The van der Waals surface area contributed by atoms with Crippen molar-refractivity contribution in [3.05, 3.63) is 35.4 Å². The number of benzene rings is 1. The molecule has 1 fully saturated rings. The topological polar surface area (TPSA) is 104 Å². The van der Waals surface area contributed by atoms with Gasteiger partial charge in [0.1, 0.15) is 0 Å². The van der Waals surface area contributed by atoms with E-state index in [0.717, 1.165) is 5.56 Å². The zero-order valence-electron chi connectivity index (χ0n) is 14.4. The zero-order valence-corrected chi connectivity index (χ0v) is 15.3. The summed E-state index contributed by atoms with van der Waals surface area (Å²) in [4.78, 5) is 25.6. The van der Waals surface area contributed by atoms with Gasteiger partial charge in [-0.3, -0.25) is 9.59 Å². The monoisotopic (exact) mass is 368 g/mol. The van der Waals surface area contributed by atoms with Gasteiger partial charge in [0.15, 0.2) is 0 Å². The number of nitrogens with one attached hydrogen (secondary N) is 1. The number of carboxylic acid groups (broad SMARTS) is 1. The number of carboxylic acids is 1. The van der Waals surface area contributed by atoms with E-state index in [-0.39, 0.29) is 24.2 Å². The Bertz CT molecular complexity index is 730. The highest BCUT2D eigenvalue weighted by molar-refractivity contribution is 7.89. The van der Waals surface area contributed by atoms with Crippen LogP contribution in [0.25, 0.3) is 0 Å². The first-order valence-corrected chi connectivity index (χ1v) is 10.0. The molecule has 1 aliphatic rings. The predicted octanol–water partition coefficient (Wildman–Crippen LogP) is 1.45. The first-order chi connectivity index (χ1) is 11.7. The summed E-state index contributed by atoms with van der Waals surface area (Å²) in [6.45, 7) is 4.05. The number of amides is 1. The predicted molar refractivity (Wildman–Crippen MR) is 93.6 cm³/mol. The van der Waals surface area contributed by atoms with Crippen molar-refractivity contribution in [3.63, 3.8) is 0 Å². The van der Waals surface area contributed by atoms with E-state index in [9.17, 15) is 23.1 Å². The van der Waals surface area contributed by atoms with Crippen molar-refractivity contribution in [2.24, 2.45) is 5.92 Å². The van der Waals surface area contributed by atoms with Crippen LogP contribution in [0.15, 0.2) is 24.3 Å². The Morgan fingerprint density at radius 1 is 1.28 bits per heavy atom. The minimum absolute atomic E-state index is 0.0150. The van der Waals surface area contributed by atoms with Crippen LogP contribution in [0.4, 0.5) is 0 Å². The van der Waals surface area contributed by atoms with Crippen LogP contribution in [0.1, 0.15) is 42.6 Å². The Hall–Kier alpha value is -1.93. The number of carbonyl (C=O) groups is 2. The van der Waals surface area contributed by atoms with Crippen LogP contribution in [-0.2, 0) is 21.4 Å². The molecule has 138 valence electrons. The van der Waals surface area contributed by atoms with Gasteiger partial charge in [-0.1, -0.05) is 12.1 Å². The number of likely N-dealkylation sites (tertiary alicyclic amines) is 1. The van der Waals surface area contributed by atoms with Crippen molar-refractivity contribution in [1.82, 2.24) is 9.62 Å². The lowest BCUT2D eigenvalue weighted by Gasteiger charge is -2.37. The Kier molecular flexibility index (Phi) is 6.18. The molecule has 2 rings (SSSR count). The Morgan fingerprint density at radius 2 is 1.92 bits per heavy atom. The van der Waals surface area contributed by atoms with Crippen LogP contribution >= 0.6 is 0 Å². The van der Waals surface area contributed by atoms with Gasteiger partial charge in [-0.25, -0.2) is 13.1 Å². The number of nitrogens with zero attached hydrogens (tertiary/aromatic N) is 1. The molecule has 1 heterocycles. The van der Waals surface area contributed by atoms with Gasteiger partial charge < -0.3 is 10.0 Å². The van der Waals surface area contributed by atoms with Crippen LogP contribution < -0.4 is 4.72 Å². The van der Waals surface area contributed by atoms with Crippen LogP contribution in [0.3, 0.4) is 0 Å². The molecular formula is C17H24N2O5S. The molecule has 8 heteroatoms. The van der Waals surface area contributed by atoms with Crippen molar-refractivity contribution < 1.29 is 23.1 Å². The summed E-state index contributed by atoms with van der Waals surface area (Å²) < 4.78 is 25.4. The first-order valence-electron chi connectivity index (χ1n) is 8.35. The number of rotatable bonds is 6. The smallest absolute Gasteiger partial charge is 0.308 e. The third-order valence-electron chi connectivity index (χ3n) is 4.64. The highest BCUT2D eigenvalue weighted by Crippen LogP contribution is 2.25. The molecule has 0 bridgehead atoms. The molecule has 0 saturated carbocycles. The van der Waals surface area contributed by atoms with Gasteiger partial charge in [0, 0.05) is 24.7 Å². The van der Waals surface area contributed by atoms with E-state index in [4.69, 9.17) is 0 Å². The number of hydrogen-bond donors (Lipinski definition) is 2. The maximum atomic E-state index is 12.7. The van der Waals surface area contributed by atoms with Crippen molar-refractivity contribution in [2.75, 3.05) is 12.3 Å². The van der Waals surface area contributed by atoms with E-state index < -0.39 is 21.9 Å². The molecule has 25 heavy (non-hydrogen) atoms. The Labute approximate surface area is 148 Å². The van der Waals surface area contributed by atoms with Gasteiger partial charge in [-0.15, -0.1) is 0 Å². The second-order valence-corrected chi connectivity index (χ2v) is 8.34. The van der Waals surface area contributed by atoms with Crippen LogP contribution in [0.2, 0.25) is 0 Å². The molecule has 1 aromatic carbocycles. The largest absolute Gasteiger partial charge is 0.481 e. The van der Waals surface area contributed by atoms with E-state index in [1.54, 1.807) is 43.0 Å². The Morgan fingerprint density at radius 3 is 2.48 bits per heavy atom. The zero-order chi connectivity index (χ0) is 18.6. The molecule has 1 saturated heterocycles. The van der Waals surface area contributed by atoms with Gasteiger partial charge in [-0.2, -0.15) is 0 Å². The standard InChI is InChI=1S/C17H24N2O5S/c1-3-25(23,24)18-11-13-6-8-14(9-7-13)16(20)19-10-4-5-15(12(19)2)17(21)22/h6-9,12,15,18H,3-5,10-11H2,1-2H3,(H,21,22)/t12-,15-/m0/s1. The maximum absolute atomic E-state index is 12.7. The van der Waals surface area contributed by atoms with Gasteiger partial charge in [0.25, 0.3) is 5.91 Å². The molecule has 0 aromatic heterocycles. The van der Waals surface area contributed by atoms with Crippen molar-refractivity contribution >= 4 is 21.9 Å². The molecule has 0 radical (unpaired) electrons. The van der Waals surface area contributed by atoms with Crippen LogP contribution in [-0.4, -0.2) is 48.6 Å². The highest BCUT2D eigenvalue weighted by Gasteiger charge is 2.35. The van der Waals surface area contributed by atoms with Gasteiger partial charge in [0.2, 0.25) is 10.0 Å². The fourth-order valence-corrected chi connectivity index (χ4v) is 3.58. The fraction of sp³-hybridized carbons (Fsp3) is 0.529. The minimum atomic E-state index is -3.26. The summed E-state index contributed by atoms with van der Waals surface area (Å²) in [6.07, 6.45) is 1.25. The van der Waals surface area contributed by atoms with Crippen molar-refractivity contribution in [2.45, 2.75) is 39.3 Å². The minimum Gasteiger partial charge on any atom is -0.481 e. The third-order valence-corrected chi connectivity index (χ3v) is 5.99. The molecule has 0 aliphatic carbocycles. The van der Waals surface area contributed by atoms with Crippen LogP contribution in [0.5, 0.6) is 0 Å². The summed E-state index contributed by atoms with van der Waals surface area (Å²) in [5.41, 5.74) is 1.23. The van der Waals surface area contributed by atoms with E-state index in [1.165, 1.54) is 0 Å². The number of carbonyl (C=O) groups excluding carboxylic acids is 1. The maximum Gasteiger partial charge on any atom is 0.308 e. The number of aliphatic carboxylic acids is 1. The first kappa shape index (κ1) is 19.4. The summed E-state index contributed by atoms with van der Waals surface area (Å²) in [5, 5.41) is 9.27. The molecule has 2 atom stereocenters. The lowest BCUT2D eigenvalue weighted by molar-refractivity contribution is -0.144. The lowest BCUT2D eigenvalue weighted by atomic mass is 9.90. The van der Waals surface area contributed by atoms with E-state index in [1.807, 2.05) is 0 Å². The number of hydrogen-bond acceptors (Lipinski definition) is 4. The van der Waals surface area contributed by atoms with E-state index in [0.29, 0.717) is 24.9 Å². The van der Waals surface area contributed by atoms with E-state index >= 15 is 0 Å². The average molecular weight is 368 g/mol. The average Bonchev–Trinajstić information content (AvgIpc) is 2.60. The summed E-state index contributed by atoms with van der Waals surface area (Å²) in [6, 6.07) is 6.35. The van der Waals surface area contributed by atoms with Gasteiger partial charge in [-0.05, 0) is 44.4 Å². The lowest BCUT2D eigenvalue weighted by Crippen LogP contribution is -2.49. The fourth-order valence-electron chi connectivity index (χ4n) is 2.99.